The highest BCUT2D eigenvalue weighted by Crippen LogP contribution is 2.22. The van der Waals surface area contributed by atoms with Gasteiger partial charge in [-0.3, -0.25) is 4.79 Å². The van der Waals surface area contributed by atoms with Crippen molar-refractivity contribution in [1.82, 2.24) is 4.90 Å². The third-order valence-electron chi connectivity index (χ3n) is 5.02. The van der Waals surface area contributed by atoms with Crippen LogP contribution in [0.15, 0.2) is 48.5 Å². The average molecular weight is 337 g/mol. The number of carbonyl (C=O) groups excluding carboxylic acids is 1. The molecule has 0 aliphatic carbocycles. The van der Waals surface area contributed by atoms with E-state index in [4.69, 9.17) is 4.74 Å². The molecule has 2 aromatic rings. The standard InChI is InChI=1S/C22H27NO2/c1-17-8-9-21(18(2)14-17)25-16-22(24)23-12-10-20(11-13-23)15-19-6-4-3-5-7-19/h3-9,14,20H,10-13,15-16H2,1-2H3. The summed E-state index contributed by atoms with van der Waals surface area (Å²) >= 11 is 0. The van der Waals surface area contributed by atoms with E-state index < -0.39 is 0 Å². The van der Waals surface area contributed by atoms with Crippen LogP contribution in [0.3, 0.4) is 0 Å². The van der Waals surface area contributed by atoms with Crippen LogP contribution in [0.1, 0.15) is 29.5 Å². The van der Waals surface area contributed by atoms with E-state index in [0.717, 1.165) is 43.7 Å². The zero-order valence-electron chi connectivity index (χ0n) is 15.2. The Kier molecular flexibility index (Phi) is 5.75. The smallest absolute Gasteiger partial charge is 0.260 e. The Labute approximate surface area is 150 Å². The summed E-state index contributed by atoms with van der Waals surface area (Å²) in [5.74, 6) is 1.57. The van der Waals surface area contributed by atoms with E-state index in [1.807, 2.05) is 24.0 Å². The number of nitrogens with zero attached hydrogens (tertiary/aromatic N) is 1. The summed E-state index contributed by atoms with van der Waals surface area (Å²) < 4.78 is 5.74. The first kappa shape index (κ1) is 17.5. The number of piperidine rings is 1. The van der Waals surface area contributed by atoms with Gasteiger partial charge in [0.1, 0.15) is 5.75 Å². The molecule has 1 fully saturated rings. The molecule has 1 aliphatic heterocycles. The van der Waals surface area contributed by atoms with Gasteiger partial charge in [0, 0.05) is 13.1 Å². The molecular weight excluding hydrogens is 310 g/mol. The quantitative estimate of drug-likeness (QED) is 0.820. The molecule has 0 radical (unpaired) electrons. The Morgan fingerprint density at radius 3 is 2.48 bits per heavy atom. The zero-order valence-corrected chi connectivity index (χ0v) is 15.2. The van der Waals surface area contributed by atoms with E-state index in [2.05, 4.69) is 43.3 Å². The SMILES string of the molecule is Cc1ccc(OCC(=O)N2CCC(Cc3ccccc3)CC2)c(C)c1. The normalized spacial score (nSPS) is 15.2. The molecule has 2 aromatic carbocycles. The average Bonchev–Trinajstić information content (AvgIpc) is 2.62. The minimum absolute atomic E-state index is 0.0955. The van der Waals surface area contributed by atoms with Gasteiger partial charge in [0.2, 0.25) is 0 Å². The highest BCUT2D eigenvalue weighted by molar-refractivity contribution is 5.77. The van der Waals surface area contributed by atoms with Crippen LogP contribution in [0, 0.1) is 19.8 Å². The van der Waals surface area contributed by atoms with E-state index in [1.54, 1.807) is 0 Å². The summed E-state index contributed by atoms with van der Waals surface area (Å²) in [7, 11) is 0. The predicted octanol–water partition coefficient (Wildman–Crippen LogP) is 4.16. The van der Waals surface area contributed by atoms with Crippen molar-refractivity contribution in [2.24, 2.45) is 5.92 Å². The molecule has 0 aromatic heterocycles. The van der Waals surface area contributed by atoms with Crippen molar-refractivity contribution in [3.05, 3.63) is 65.2 Å². The summed E-state index contributed by atoms with van der Waals surface area (Å²) in [5.41, 5.74) is 3.68. The molecule has 132 valence electrons. The second kappa shape index (κ2) is 8.19. The van der Waals surface area contributed by atoms with Crippen LogP contribution >= 0.6 is 0 Å². The van der Waals surface area contributed by atoms with Crippen molar-refractivity contribution in [1.29, 1.82) is 0 Å². The minimum Gasteiger partial charge on any atom is -0.484 e. The third-order valence-corrected chi connectivity index (χ3v) is 5.02. The lowest BCUT2D eigenvalue weighted by atomic mass is 9.90. The monoisotopic (exact) mass is 337 g/mol. The predicted molar refractivity (Wildman–Crippen MR) is 101 cm³/mol. The number of carbonyl (C=O) groups is 1. The second-order valence-electron chi connectivity index (χ2n) is 7.07. The number of ether oxygens (including phenoxy) is 1. The van der Waals surface area contributed by atoms with Crippen LogP contribution in [-0.2, 0) is 11.2 Å². The molecule has 1 heterocycles. The van der Waals surface area contributed by atoms with Crippen LogP contribution < -0.4 is 4.74 Å². The topological polar surface area (TPSA) is 29.5 Å². The number of benzene rings is 2. The van der Waals surface area contributed by atoms with Gasteiger partial charge in [-0.2, -0.15) is 0 Å². The molecule has 1 saturated heterocycles. The Morgan fingerprint density at radius 2 is 1.80 bits per heavy atom. The number of hydrogen-bond acceptors (Lipinski definition) is 2. The first-order valence-electron chi connectivity index (χ1n) is 9.13. The van der Waals surface area contributed by atoms with Gasteiger partial charge in [0.05, 0.1) is 0 Å². The maximum absolute atomic E-state index is 12.4. The van der Waals surface area contributed by atoms with E-state index >= 15 is 0 Å². The zero-order chi connectivity index (χ0) is 17.6. The van der Waals surface area contributed by atoms with Crippen molar-refractivity contribution in [3.63, 3.8) is 0 Å². The van der Waals surface area contributed by atoms with Crippen LogP contribution in [-0.4, -0.2) is 30.5 Å². The fraction of sp³-hybridized carbons (Fsp3) is 0.409. The van der Waals surface area contributed by atoms with Crippen molar-refractivity contribution >= 4 is 5.91 Å². The molecule has 0 unspecified atom stereocenters. The molecule has 1 amide bonds. The first-order chi connectivity index (χ1) is 12.1. The minimum atomic E-state index is 0.0955. The summed E-state index contributed by atoms with van der Waals surface area (Å²) in [6.45, 7) is 5.88. The fourth-order valence-corrected chi connectivity index (χ4v) is 3.53. The molecule has 0 atom stereocenters. The maximum atomic E-state index is 12.4. The summed E-state index contributed by atoms with van der Waals surface area (Å²) in [5, 5.41) is 0. The number of amides is 1. The molecule has 0 spiro atoms. The molecule has 1 aliphatic rings. The van der Waals surface area contributed by atoms with Crippen LogP contribution in [0.2, 0.25) is 0 Å². The summed E-state index contributed by atoms with van der Waals surface area (Å²) in [6.07, 6.45) is 3.26. The lowest BCUT2D eigenvalue weighted by Gasteiger charge is -2.32. The number of hydrogen-bond donors (Lipinski definition) is 0. The van der Waals surface area contributed by atoms with Gasteiger partial charge in [-0.1, -0.05) is 48.0 Å². The largest absolute Gasteiger partial charge is 0.484 e. The Hall–Kier alpha value is -2.29. The molecule has 3 heteroatoms. The van der Waals surface area contributed by atoms with Gasteiger partial charge < -0.3 is 9.64 Å². The van der Waals surface area contributed by atoms with Crippen molar-refractivity contribution < 1.29 is 9.53 Å². The van der Waals surface area contributed by atoms with Gasteiger partial charge in [-0.25, -0.2) is 0 Å². The molecule has 0 bridgehead atoms. The fourth-order valence-electron chi connectivity index (χ4n) is 3.53. The van der Waals surface area contributed by atoms with E-state index in [1.165, 1.54) is 11.1 Å². The Bertz CT molecular complexity index is 703. The Balaban J connectivity index is 1.45. The van der Waals surface area contributed by atoms with E-state index in [0.29, 0.717) is 5.92 Å². The molecule has 0 N–H and O–H groups in total. The number of aryl methyl sites for hydroxylation is 2. The molecular formula is C22H27NO2. The van der Waals surface area contributed by atoms with Gasteiger partial charge in [-0.05, 0) is 56.2 Å². The van der Waals surface area contributed by atoms with Crippen LogP contribution in [0.4, 0.5) is 0 Å². The van der Waals surface area contributed by atoms with Crippen molar-refractivity contribution in [3.8, 4) is 5.75 Å². The van der Waals surface area contributed by atoms with Crippen LogP contribution in [0.25, 0.3) is 0 Å². The van der Waals surface area contributed by atoms with Gasteiger partial charge in [-0.15, -0.1) is 0 Å². The first-order valence-corrected chi connectivity index (χ1v) is 9.13. The van der Waals surface area contributed by atoms with E-state index in [9.17, 15) is 4.79 Å². The summed E-state index contributed by atoms with van der Waals surface area (Å²) in [6, 6.07) is 16.7. The van der Waals surface area contributed by atoms with Crippen LogP contribution in [0.5, 0.6) is 5.75 Å². The summed E-state index contributed by atoms with van der Waals surface area (Å²) in [4.78, 5) is 14.4. The van der Waals surface area contributed by atoms with Gasteiger partial charge in [0.25, 0.3) is 5.91 Å². The van der Waals surface area contributed by atoms with Gasteiger partial charge >= 0.3 is 0 Å². The third kappa shape index (κ3) is 4.85. The molecule has 0 saturated carbocycles. The molecule has 25 heavy (non-hydrogen) atoms. The lowest BCUT2D eigenvalue weighted by molar-refractivity contribution is -0.134. The van der Waals surface area contributed by atoms with Crippen molar-refractivity contribution in [2.75, 3.05) is 19.7 Å². The maximum Gasteiger partial charge on any atom is 0.260 e. The molecule has 3 nitrogen and oxygen atoms in total. The second-order valence-corrected chi connectivity index (χ2v) is 7.07. The number of rotatable bonds is 5. The van der Waals surface area contributed by atoms with Crippen molar-refractivity contribution in [2.45, 2.75) is 33.1 Å². The van der Waals surface area contributed by atoms with E-state index in [-0.39, 0.29) is 12.5 Å². The Morgan fingerprint density at radius 1 is 1.08 bits per heavy atom. The highest BCUT2D eigenvalue weighted by Gasteiger charge is 2.23. The number of likely N-dealkylation sites (tertiary alicyclic amines) is 1. The molecule has 3 rings (SSSR count). The lowest BCUT2D eigenvalue weighted by Crippen LogP contribution is -2.41. The van der Waals surface area contributed by atoms with Gasteiger partial charge in [0.15, 0.2) is 6.61 Å². The highest BCUT2D eigenvalue weighted by atomic mass is 16.5.